The number of likely N-dealkylation sites (tertiary alicyclic amines) is 1. The summed E-state index contributed by atoms with van der Waals surface area (Å²) >= 11 is 0. The largest absolute Gasteiger partial charge is 0.352 e. The van der Waals surface area contributed by atoms with Crippen LogP contribution in [0.4, 0.5) is 0 Å². The van der Waals surface area contributed by atoms with Crippen LogP contribution in [0.2, 0.25) is 0 Å². The van der Waals surface area contributed by atoms with E-state index in [1.807, 2.05) is 0 Å². The molecular weight excluding hydrogens is 286 g/mol. The van der Waals surface area contributed by atoms with Gasteiger partial charge in [-0.15, -0.1) is 0 Å². The Morgan fingerprint density at radius 2 is 1.91 bits per heavy atom. The fourth-order valence-corrected chi connectivity index (χ4v) is 3.92. The van der Waals surface area contributed by atoms with E-state index in [1.165, 1.54) is 16.7 Å². The molecule has 0 aromatic heterocycles. The molecule has 0 N–H and O–H groups in total. The highest BCUT2D eigenvalue weighted by Gasteiger charge is 2.49. The predicted molar refractivity (Wildman–Crippen MR) is 90.2 cm³/mol. The van der Waals surface area contributed by atoms with E-state index in [9.17, 15) is 0 Å². The van der Waals surface area contributed by atoms with E-state index in [-0.39, 0.29) is 11.9 Å². The molecule has 0 radical (unpaired) electrons. The Hall–Kier alpha value is -1.68. The van der Waals surface area contributed by atoms with Gasteiger partial charge in [0.05, 0.1) is 0 Å². The molecule has 0 amide bonds. The van der Waals surface area contributed by atoms with Gasteiger partial charge in [0.15, 0.2) is 6.29 Å². The van der Waals surface area contributed by atoms with Crippen LogP contribution in [0.3, 0.4) is 0 Å². The van der Waals surface area contributed by atoms with Crippen LogP contribution in [0.15, 0.2) is 54.6 Å². The molecule has 120 valence electrons. The lowest BCUT2D eigenvalue weighted by Gasteiger charge is -2.25. The Bertz CT molecular complexity index is 672. The molecule has 2 aromatic carbocycles. The number of ether oxygens (including phenoxy) is 2. The quantitative estimate of drug-likeness (QED) is 0.863. The van der Waals surface area contributed by atoms with Gasteiger partial charge in [0, 0.05) is 32.3 Å². The van der Waals surface area contributed by atoms with Crippen LogP contribution in [0, 0.1) is 0 Å². The average molecular weight is 309 g/mol. The second-order valence-corrected chi connectivity index (χ2v) is 6.53. The fourth-order valence-electron chi connectivity index (χ4n) is 3.92. The summed E-state index contributed by atoms with van der Waals surface area (Å²) in [5, 5.41) is 0. The van der Waals surface area contributed by atoms with Crippen molar-refractivity contribution in [3.05, 3.63) is 71.3 Å². The first-order chi connectivity index (χ1) is 11.3. The summed E-state index contributed by atoms with van der Waals surface area (Å²) in [4.78, 5) is 2.52. The monoisotopic (exact) mass is 309 g/mol. The van der Waals surface area contributed by atoms with Crippen LogP contribution >= 0.6 is 0 Å². The fraction of sp³-hybridized carbons (Fsp3) is 0.400. The third-order valence-corrected chi connectivity index (χ3v) is 5.12. The van der Waals surface area contributed by atoms with Crippen molar-refractivity contribution in [2.24, 2.45) is 0 Å². The van der Waals surface area contributed by atoms with Gasteiger partial charge in [-0.25, -0.2) is 0 Å². The molecule has 2 atom stereocenters. The first-order valence-electron chi connectivity index (χ1n) is 8.37. The van der Waals surface area contributed by atoms with Crippen LogP contribution in [-0.4, -0.2) is 31.6 Å². The zero-order chi connectivity index (χ0) is 15.7. The zero-order valence-corrected chi connectivity index (χ0v) is 13.6. The minimum atomic E-state index is -0.222. The first-order valence-corrected chi connectivity index (χ1v) is 8.37. The summed E-state index contributed by atoms with van der Waals surface area (Å²) in [6, 6.07) is 19.2. The van der Waals surface area contributed by atoms with Crippen LogP contribution in [-0.2, 0) is 21.5 Å². The van der Waals surface area contributed by atoms with E-state index in [1.54, 1.807) is 7.11 Å². The molecule has 0 unspecified atom stereocenters. The summed E-state index contributed by atoms with van der Waals surface area (Å²) in [5.74, 6) is 0. The van der Waals surface area contributed by atoms with Gasteiger partial charge in [-0.3, -0.25) is 4.90 Å². The maximum absolute atomic E-state index is 6.35. The van der Waals surface area contributed by atoms with Crippen molar-refractivity contribution in [3.63, 3.8) is 0 Å². The number of methoxy groups -OCH3 is 1. The summed E-state index contributed by atoms with van der Waals surface area (Å²) in [5.41, 5.74) is 3.72. The molecule has 0 bridgehead atoms. The van der Waals surface area contributed by atoms with Gasteiger partial charge in [-0.2, -0.15) is 0 Å². The summed E-state index contributed by atoms with van der Waals surface area (Å²) < 4.78 is 11.9. The molecule has 3 nitrogen and oxygen atoms in total. The Kier molecular flexibility index (Phi) is 3.93. The standard InChI is InChI=1S/C20H23NO2/c1-22-19-17-9-5-6-10-18(17)20(23-19)12-14-21(15-20)13-11-16-7-3-2-4-8-16/h2-10,19H,11-15H2,1H3/t19-,20+/m0/s1. The van der Waals surface area contributed by atoms with Gasteiger partial charge < -0.3 is 9.47 Å². The van der Waals surface area contributed by atoms with Crippen molar-refractivity contribution in [3.8, 4) is 0 Å². The van der Waals surface area contributed by atoms with Crippen LogP contribution in [0.25, 0.3) is 0 Å². The van der Waals surface area contributed by atoms with E-state index < -0.39 is 0 Å². The number of fused-ring (bicyclic) bond motifs is 2. The zero-order valence-electron chi connectivity index (χ0n) is 13.6. The van der Waals surface area contributed by atoms with Crippen molar-refractivity contribution in [1.82, 2.24) is 4.90 Å². The van der Waals surface area contributed by atoms with Crippen LogP contribution < -0.4 is 0 Å². The normalized spacial score (nSPS) is 26.7. The van der Waals surface area contributed by atoms with E-state index >= 15 is 0 Å². The lowest BCUT2D eigenvalue weighted by atomic mass is 9.91. The predicted octanol–water partition coefficient (Wildman–Crippen LogP) is 3.51. The number of hydrogen-bond donors (Lipinski definition) is 0. The molecule has 2 heterocycles. The highest BCUT2D eigenvalue weighted by Crippen LogP contribution is 2.48. The van der Waals surface area contributed by atoms with E-state index in [4.69, 9.17) is 9.47 Å². The number of nitrogens with zero attached hydrogens (tertiary/aromatic N) is 1. The molecular formula is C20H23NO2. The van der Waals surface area contributed by atoms with Crippen molar-refractivity contribution in [2.75, 3.05) is 26.7 Å². The molecule has 2 aromatic rings. The third-order valence-electron chi connectivity index (χ3n) is 5.12. The second-order valence-electron chi connectivity index (χ2n) is 6.53. The smallest absolute Gasteiger partial charge is 0.184 e. The molecule has 1 saturated heterocycles. The Morgan fingerprint density at radius 1 is 1.13 bits per heavy atom. The molecule has 0 aliphatic carbocycles. The van der Waals surface area contributed by atoms with Crippen molar-refractivity contribution < 1.29 is 9.47 Å². The summed E-state index contributed by atoms with van der Waals surface area (Å²) in [6.45, 7) is 3.11. The summed E-state index contributed by atoms with van der Waals surface area (Å²) in [7, 11) is 1.72. The minimum Gasteiger partial charge on any atom is -0.352 e. The topological polar surface area (TPSA) is 21.7 Å². The molecule has 1 fully saturated rings. The molecule has 1 spiro atoms. The average Bonchev–Trinajstić information content (AvgIpc) is 3.17. The van der Waals surface area contributed by atoms with Gasteiger partial charge in [-0.1, -0.05) is 54.6 Å². The molecule has 2 aliphatic heterocycles. The van der Waals surface area contributed by atoms with E-state index in [0.29, 0.717) is 0 Å². The van der Waals surface area contributed by atoms with Gasteiger partial charge in [0.2, 0.25) is 0 Å². The van der Waals surface area contributed by atoms with Crippen LogP contribution in [0.1, 0.15) is 29.4 Å². The van der Waals surface area contributed by atoms with E-state index in [2.05, 4.69) is 59.5 Å². The Morgan fingerprint density at radius 3 is 2.74 bits per heavy atom. The van der Waals surface area contributed by atoms with Crippen LogP contribution in [0.5, 0.6) is 0 Å². The lowest BCUT2D eigenvalue weighted by Crippen LogP contribution is -2.32. The van der Waals surface area contributed by atoms with Crippen molar-refractivity contribution >= 4 is 0 Å². The molecule has 4 rings (SSSR count). The highest BCUT2D eigenvalue weighted by atomic mass is 16.7. The maximum atomic E-state index is 6.35. The lowest BCUT2D eigenvalue weighted by molar-refractivity contribution is -0.183. The third kappa shape index (κ3) is 2.69. The van der Waals surface area contributed by atoms with Crippen molar-refractivity contribution in [1.29, 1.82) is 0 Å². The SMILES string of the molecule is CO[C@H]1O[C@@]2(CCN(CCc3ccccc3)C2)c2ccccc21. The molecule has 23 heavy (non-hydrogen) atoms. The minimum absolute atomic E-state index is 0.187. The molecule has 0 saturated carbocycles. The van der Waals surface area contributed by atoms with Gasteiger partial charge in [-0.05, 0) is 24.0 Å². The Labute approximate surface area is 137 Å². The second kappa shape index (κ2) is 6.08. The highest BCUT2D eigenvalue weighted by molar-refractivity contribution is 5.38. The van der Waals surface area contributed by atoms with Gasteiger partial charge in [0.25, 0.3) is 0 Å². The van der Waals surface area contributed by atoms with Gasteiger partial charge in [0.1, 0.15) is 5.60 Å². The number of hydrogen-bond acceptors (Lipinski definition) is 3. The number of rotatable bonds is 4. The Balaban J connectivity index is 1.48. The number of benzene rings is 2. The summed E-state index contributed by atoms with van der Waals surface area (Å²) in [6.07, 6.45) is 1.91. The maximum Gasteiger partial charge on any atom is 0.184 e. The van der Waals surface area contributed by atoms with Gasteiger partial charge >= 0.3 is 0 Å². The molecule has 3 heteroatoms. The first kappa shape index (κ1) is 14.9. The van der Waals surface area contributed by atoms with Crippen molar-refractivity contribution in [2.45, 2.75) is 24.7 Å². The van der Waals surface area contributed by atoms with E-state index in [0.717, 1.165) is 32.5 Å². The molecule has 2 aliphatic rings.